The third-order valence-electron chi connectivity index (χ3n) is 4.07. The molecule has 0 spiro atoms. The molecule has 0 aromatic heterocycles. The van der Waals surface area contributed by atoms with E-state index in [-0.39, 0.29) is 11.2 Å². The first-order chi connectivity index (χ1) is 8.75. The molecule has 0 saturated heterocycles. The molecular weight excluding hydrogens is 220 g/mol. The highest BCUT2D eigenvalue weighted by Crippen LogP contribution is 2.56. The molecule has 0 saturated carbocycles. The van der Waals surface area contributed by atoms with Crippen molar-refractivity contribution in [2.24, 2.45) is 0 Å². The Bertz CT molecular complexity index is 644. The molecule has 2 unspecified atom stereocenters. The minimum atomic E-state index is -0.382. The fourth-order valence-corrected chi connectivity index (χ4v) is 3.20. The van der Waals surface area contributed by atoms with Gasteiger partial charge in [-0.3, -0.25) is 0 Å². The first kappa shape index (κ1) is 10.1. The van der Waals surface area contributed by atoms with E-state index in [0.717, 1.165) is 0 Å². The molecule has 0 radical (unpaired) electrons. The highest BCUT2D eigenvalue weighted by molar-refractivity contribution is 5.56. The molecule has 2 aromatic rings. The van der Waals surface area contributed by atoms with Gasteiger partial charge in [0.05, 0.1) is 0 Å². The topological polar surface area (TPSA) is 9.23 Å². The second-order valence-corrected chi connectivity index (χ2v) is 5.19. The van der Waals surface area contributed by atoms with Crippen LogP contribution in [0.4, 0.5) is 0 Å². The van der Waals surface area contributed by atoms with Crippen LogP contribution in [0.3, 0.4) is 0 Å². The number of rotatable bonds is 1. The fraction of sp³-hybridized carbons (Fsp3) is 0.176. The van der Waals surface area contributed by atoms with E-state index < -0.39 is 0 Å². The summed E-state index contributed by atoms with van der Waals surface area (Å²) in [5, 5.41) is 0. The Morgan fingerprint density at radius 1 is 0.778 bits per heavy atom. The summed E-state index contributed by atoms with van der Waals surface area (Å²) in [6.07, 6.45) is 4.38. The molecule has 2 heterocycles. The SMILES string of the molecule is CC12C=CC(c3ccccc3)(O1)c1ccccc12. The first-order valence-corrected chi connectivity index (χ1v) is 6.31. The van der Waals surface area contributed by atoms with Gasteiger partial charge in [-0.1, -0.05) is 54.6 Å². The van der Waals surface area contributed by atoms with Gasteiger partial charge in [0.25, 0.3) is 0 Å². The van der Waals surface area contributed by atoms with Crippen molar-refractivity contribution in [3.63, 3.8) is 0 Å². The molecule has 2 aromatic carbocycles. The Morgan fingerprint density at radius 3 is 2.22 bits per heavy atom. The molecule has 2 aliphatic rings. The van der Waals surface area contributed by atoms with E-state index >= 15 is 0 Å². The third-order valence-corrected chi connectivity index (χ3v) is 4.07. The number of ether oxygens (including phenoxy) is 1. The lowest BCUT2D eigenvalue weighted by molar-refractivity contribution is -0.0369. The van der Waals surface area contributed by atoms with Crippen molar-refractivity contribution in [3.8, 4) is 0 Å². The molecule has 2 atom stereocenters. The Morgan fingerprint density at radius 2 is 1.44 bits per heavy atom. The number of fused-ring (bicyclic) bond motifs is 5. The van der Waals surface area contributed by atoms with Gasteiger partial charge in [0, 0.05) is 0 Å². The van der Waals surface area contributed by atoms with Gasteiger partial charge < -0.3 is 4.74 Å². The van der Waals surface area contributed by atoms with Crippen LogP contribution in [0.5, 0.6) is 0 Å². The van der Waals surface area contributed by atoms with E-state index in [0.29, 0.717) is 0 Å². The summed E-state index contributed by atoms with van der Waals surface area (Å²) in [5.41, 5.74) is 3.12. The van der Waals surface area contributed by atoms with E-state index in [1.165, 1.54) is 16.7 Å². The largest absolute Gasteiger partial charge is 0.346 e. The molecule has 0 amide bonds. The normalized spacial score (nSPS) is 31.6. The lowest BCUT2D eigenvalue weighted by Gasteiger charge is -2.25. The molecular formula is C17H14O. The van der Waals surface area contributed by atoms with Gasteiger partial charge in [-0.15, -0.1) is 0 Å². The van der Waals surface area contributed by atoms with Crippen LogP contribution in [-0.2, 0) is 15.9 Å². The molecule has 0 aliphatic carbocycles. The molecule has 1 nitrogen and oxygen atoms in total. The predicted molar refractivity (Wildman–Crippen MR) is 71.2 cm³/mol. The maximum absolute atomic E-state index is 6.39. The molecule has 2 bridgehead atoms. The minimum Gasteiger partial charge on any atom is -0.346 e. The van der Waals surface area contributed by atoms with Crippen LogP contribution in [0.2, 0.25) is 0 Å². The molecule has 1 heteroatoms. The van der Waals surface area contributed by atoms with Crippen LogP contribution < -0.4 is 0 Å². The fourth-order valence-electron chi connectivity index (χ4n) is 3.20. The number of hydrogen-bond acceptors (Lipinski definition) is 1. The summed E-state index contributed by atoms with van der Waals surface area (Å²) >= 11 is 0. The Labute approximate surface area is 107 Å². The predicted octanol–water partition coefficient (Wildman–Crippen LogP) is 3.75. The van der Waals surface area contributed by atoms with Crippen molar-refractivity contribution >= 4 is 0 Å². The zero-order valence-electron chi connectivity index (χ0n) is 10.3. The van der Waals surface area contributed by atoms with E-state index in [9.17, 15) is 0 Å². The standard InChI is InChI=1S/C17H14O/c1-16-11-12-17(18-16,13-7-3-2-4-8-13)15-10-6-5-9-14(15)16/h2-12H,1H3. The monoisotopic (exact) mass is 234 g/mol. The molecule has 2 aliphatic heterocycles. The zero-order valence-corrected chi connectivity index (χ0v) is 10.3. The quantitative estimate of drug-likeness (QED) is 0.683. The summed E-state index contributed by atoms with van der Waals surface area (Å²) in [6, 6.07) is 19.0. The van der Waals surface area contributed by atoms with Crippen LogP contribution in [0.15, 0.2) is 66.7 Å². The average Bonchev–Trinajstić information content (AvgIpc) is 2.92. The highest BCUT2D eigenvalue weighted by Gasteiger charge is 2.53. The van der Waals surface area contributed by atoms with Crippen molar-refractivity contribution in [1.82, 2.24) is 0 Å². The maximum atomic E-state index is 6.39. The summed E-state index contributed by atoms with van der Waals surface area (Å²) < 4.78 is 6.39. The molecule has 4 rings (SSSR count). The van der Waals surface area contributed by atoms with Crippen LogP contribution in [0.25, 0.3) is 0 Å². The lowest BCUT2D eigenvalue weighted by Crippen LogP contribution is -2.23. The maximum Gasteiger partial charge on any atom is 0.138 e. The molecule has 0 fully saturated rings. The lowest BCUT2D eigenvalue weighted by atomic mass is 9.79. The van der Waals surface area contributed by atoms with Crippen LogP contribution in [0, 0.1) is 0 Å². The highest BCUT2D eigenvalue weighted by atomic mass is 16.5. The van der Waals surface area contributed by atoms with Crippen LogP contribution in [0.1, 0.15) is 23.6 Å². The van der Waals surface area contributed by atoms with Crippen molar-refractivity contribution in [2.75, 3.05) is 0 Å². The van der Waals surface area contributed by atoms with Crippen molar-refractivity contribution in [3.05, 3.63) is 83.4 Å². The summed E-state index contributed by atoms with van der Waals surface area (Å²) in [6.45, 7) is 2.14. The van der Waals surface area contributed by atoms with Gasteiger partial charge in [-0.05, 0) is 35.8 Å². The van der Waals surface area contributed by atoms with Gasteiger partial charge in [0.1, 0.15) is 11.2 Å². The van der Waals surface area contributed by atoms with E-state index in [1.807, 2.05) is 6.07 Å². The second-order valence-electron chi connectivity index (χ2n) is 5.19. The molecule has 18 heavy (non-hydrogen) atoms. The first-order valence-electron chi connectivity index (χ1n) is 6.31. The number of benzene rings is 2. The van der Waals surface area contributed by atoms with E-state index in [1.54, 1.807) is 0 Å². The van der Waals surface area contributed by atoms with Crippen LogP contribution in [-0.4, -0.2) is 0 Å². The van der Waals surface area contributed by atoms with Gasteiger partial charge in [-0.2, -0.15) is 0 Å². The van der Waals surface area contributed by atoms with Gasteiger partial charge in [0.2, 0.25) is 0 Å². The van der Waals surface area contributed by atoms with E-state index in [4.69, 9.17) is 4.74 Å². The van der Waals surface area contributed by atoms with Crippen molar-refractivity contribution in [2.45, 2.75) is 18.1 Å². The molecule has 0 N–H and O–H groups in total. The third kappa shape index (κ3) is 1.05. The summed E-state index contributed by atoms with van der Waals surface area (Å²) in [5.74, 6) is 0. The van der Waals surface area contributed by atoms with Gasteiger partial charge in [0.15, 0.2) is 0 Å². The Hall–Kier alpha value is -1.86. The Kier molecular flexibility index (Phi) is 1.75. The zero-order chi connectivity index (χ0) is 12.2. The average molecular weight is 234 g/mol. The van der Waals surface area contributed by atoms with Crippen LogP contribution >= 0.6 is 0 Å². The summed E-state index contributed by atoms with van der Waals surface area (Å²) in [7, 11) is 0. The van der Waals surface area contributed by atoms with Crippen molar-refractivity contribution < 1.29 is 4.74 Å². The smallest absolute Gasteiger partial charge is 0.138 e. The number of hydrogen-bond donors (Lipinski definition) is 0. The van der Waals surface area contributed by atoms with E-state index in [2.05, 4.69) is 67.6 Å². The van der Waals surface area contributed by atoms with Gasteiger partial charge in [-0.25, -0.2) is 0 Å². The molecule has 88 valence electrons. The van der Waals surface area contributed by atoms with Gasteiger partial charge >= 0.3 is 0 Å². The minimum absolute atomic E-state index is 0.271. The summed E-state index contributed by atoms with van der Waals surface area (Å²) in [4.78, 5) is 0. The Balaban J connectivity index is 2.02. The second kappa shape index (κ2) is 3.12. The van der Waals surface area contributed by atoms with Crippen molar-refractivity contribution in [1.29, 1.82) is 0 Å².